The first-order chi connectivity index (χ1) is 8.50. The number of rotatable bonds is 7. The molecule has 18 heavy (non-hydrogen) atoms. The van der Waals surface area contributed by atoms with Gasteiger partial charge in [-0.05, 0) is 26.3 Å². The molecular formula is C14H22FNO2. The summed E-state index contributed by atoms with van der Waals surface area (Å²) >= 11 is 0. The highest BCUT2D eigenvalue weighted by molar-refractivity contribution is 5.24. The number of aryl methyl sites for hydroxylation is 1. The molecule has 0 radical (unpaired) electrons. The van der Waals surface area contributed by atoms with E-state index < -0.39 is 0 Å². The van der Waals surface area contributed by atoms with Crippen LogP contribution < -0.4 is 5.32 Å². The zero-order valence-corrected chi connectivity index (χ0v) is 11.3. The summed E-state index contributed by atoms with van der Waals surface area (Å²) in [6, 6.07) is 5.06. The Hall–Kier alpha value is -0.970. The van der Waals surface area contributed by atoms with E-state index in [1.54, 1.807) is 13.2 Å². The van der Waals surface area contributed by atoms with Gasteiger partial charge in [-0.15, -0.1) is 0 Å². The monoisotopic (exact) mass is 255 g/mol. The van der Waals surface area contributed by atoms with Crippen LogP contribution in [0.25, 0.3) is 0 Å². The lowest BCUT2D eigenvalue weighted by atomic mass is 9.98. The standard InChI is InChI=1S/C14H22FNO2/c1-11-4-5-13(15)12(8-11)9-16-14(2,6-7-17)10-18-3/h4-5,8,16-17H,6-7,9-10H2,1-3H3. The lowest BCUT2D eigenvalue weighted by Gasteiger charge is -2.29. The van der Waals surface area contributed by atoms with Crippen molar-refractivity contribution in [2.45, 2.75) is 32.4 Å². The Labute approximate surface area is 108 Å². The predicted octanol–water partition coefficient (Wildman–Crippen LogP) is 2.01. The first kappa shape index (κ1) is 15.1. The molecule has 1 unspecified atom stereocenters. The Morgan fingerprint density at radius 2 is 2.17 bits per heavy atom. The molecule has 0 aliphatic carbocycles. The zero-order chi connectivity index (χ0) is 13.6. The van der Waals surface area contributed by atoms with Gasteiger partial charge >= 0.3 is 0 Å². The molecule has 1 aromatic rings. The summed E-state index contributed by atoms with van der Waals surface area (Å²) in [5.41, 5.74) is 1.32. The van der Waals surface area contributed by atoms with E-state index in [1.807, 2.05) is 19.9 Å². The van der Waals surface area contributed by atoms with Crippen LogP contribution in [-0.2, 0) is 11.3 Å². The van der Waals surface area contributed by atoms with Gasteiger partial charge in [0.25, 0.3) is 0 Å². The van der Waals surface area contributed by atoms with Crippen LogP contribution in [0, 0.1) is 12.7 Å². The SMILES string of the molecule is COCC(C)(CCO)NCc1cc(C)ccc1F. The Morgan fingerprint density at radius 1 is 1.44 bits per heavy atom. The van der Waals surface area contributed by atoms with Crippen molar-refractivity contribution < 1.29 is 14.2 Å². The average molecular weight is 255 g/mol. The molecule has 1 aromatic carbocycles. The Bertz CT molecular complexity index is 376. The lowest BCUT2D eigenvalue weighted by molar-refractivity contribution is 0.0967. The predicted molar refractivity (Wildman–Crippen MR) is 70.0 cm³/mol. The number of hydrogen-bond acceptors (Lipinski definition) is 3. The molecular weight excluding hydrogens is 233 g/mol. The highest BCUT2D eigenvalue weighted by Gasteiger charge is 2.23. The first-order valence-corrected chi connectivity index (χ1v) is 6.10. The third-order valence-electron chi connectivity index (χ3n) is 3.03. The molecule has 102 valence electrons. The summed E-state index contributed by atoms with van der Waals surface area (Å²) in [5, 5.41) is 12.3. The van der Waals surface area contributed by atoms with Gasteiger partial charge in [0.2, 0.25) is 0 Å². The van der Waals surface area contributed by atoms with Crippen molar-refractivity contribution in [3.63, 3.8) is 0 Å². The van der Waals surface area contributed by atoms with E-state index in [1.165, 1.54) is 6.07 Å². The van der Waals surface area contributed by atoms with Gasteiger partial charge in [0.15, 0.2) is 0 Å². The van der Waals surface area contributed by atoms with E-state index in [-0.39, 0.29) is 18.0 Å². The van der Waals surface area contributed by atoms with Crippen LogP contribution in [-0.4, -0.2) is 31.0 Å². The molecule has 0 saturated carbocycles. The topological polar surface area (TPSA) is 41.5 Å². The Morgan fingerprint density at radius 3 is 2.78 bits per heavy atom. The number of methoxy groups -OCH3 is 1. The van der Waals surface area contributed by atoms with Crippen molar-refractivity contribution >= 4 is 0 Å². The van der Waals surface area contributed by atoms with Crippen LogP contribution in [0.2, 0.25) is 0 Å². The third kappa shape index (κ3) is 4.37. The molecule has 0 amide bonds. The van der Waals surface area contributed by atoms with Gasteiger partial charge in [0.1, 0.15) is 5.82 Å². The number of nitrogens with one attached hydrogen (secondary N) is 1. The summed E-state index contributed by atoms with van der Waals surface area (Å²) in [4.78, 5) is 0. The summed E-state index contributed by atoms with van der Waals surface area (Å²) < 4.78 is 18.7. The van der Waals surface area contributed by atoms with E-state index in [9.17, 15) is 4.39 Å². The maximum Gasteiger partial charge on any atom is 0.127 e. The molecule has 0 spiro atoms. The molecule has 4 heteroatoms. The molecule has 1 rings (SSSR count). The minimum absolute atomic E-state index is 0.0726. The van der Waals surface area contributed by atoms with Crippen LogP contribution >= 0.6 is 0 Å². The fourth-order valence-electron chi connectivity index (χ4n) is 1.92. The number of hydrogen-bond donors (Lipinski definition) is 2. The zero-order valence-electron chi connectivity index (χ0n) is 11.3. The largest absolute Gasteiger partial charge is 0.396 e. The number of benzene rings is 1. The van der Waals surface area contributed by atoms with Crippen molar-refractivity contribution in [1.82, 2.24) is 5.32 Å². The quantitative estimate of drug-likeness (QED) is 0.783. The van der Waals surface area contributed by atoms with E-state index in [0.717, 1.165) is 5.56 Å². The van der Waals surface area contributed by atoms with Gasteiger partial charge in [-0.2, -0.15) is 0 Å². The number of halogens is 1. The summed E-state index contributed by atoms with van der Waals surface area (Å²) in [6.45, 7) is 4.86. The van der Waals surface area contributed by atoms with E-state index in [2.05, 4.69) is 5.32 Å². The molecule has 2 N–H and O–H groups in total. The van der Waals surface area contributed by atoms with Crippen molar-refractivity contribution in [2.75, 3.05) is 20.3 Å². The molecule has 0 aliphatic rings. The Balaban J connectivity index is 2.69. The highest BCUT2D eigenvalue weighted by atomic mass is 19.1. The molecule has 0 aliphatic heterocycles. The summed E-state index contributed by atoms with van der Waals surface area (Å²) in [5.74, 6) is -0.211. The maximum absolute atomic E-state index is 13.6. The van der Waals surface area contributed by atoms with Crippen molar-refractivity contribution in [2.24, 2.45) is 0 Å². The summed E-state index contributed by atoms with van der Waals surface area (Å²) in [7, 11) is 1.62. The van der Waals surface area contributed by atoms with Crippen molar-refractivity contribution in [3.05, 3.63) is 35.1 Å². The minimum atomic E-state index is -0.348. The normalized spacial score (nSPS) is 14.5. The fourth-order valence-corrected chi connectivity index (χ4v) is 1.92. The number of ether oxygens (including phenoxy) is 1. The molecule has 3 nitrogen and oxygen atoms in total. The van der Waals surface area contributed by atoms with Gasteiger partial charge in [-0.25, -0.2) is 4.39 Å². The molecule has 0 heterocycles. The second kappa shape index (κ2) is 6.83. The smallest absolute Gasteiger partial charge is 0.127 e. The third-order valence-corrected chi connectivity index (χ3v) is 3.03. The molecule has 0 saturated heterocycles. The maximum atomic E-state index is 13.6. The first-order valence-electron chi connectivity index (χ1n) is 6.10. The van der Waals surface area contributed by atoms with Crippen molar-refractivity contribution in [3.8, 4) is 0 Å². The van der Waals surface area contributed by atoms with Crippen molar-refractivity contribution in [1.29, 1.82) is 0 Å². The van der Waals surface area contributed by atoms with E-state index in [4.69, 9.17) is 9.84 Å². The van der Waals surface area contributed by atoms with Gasteiger partial charge in [-0.1, -0.05) is 17.7 Å². The van der Waals surface area contributed by atoms with Gasteiger partial charge in [0, 0.05) is 31.4 Å². The molecule has 0 fully saturated rings. The average Bonchev–Trinajstić information content (AvgIpc) is 2.31. The van der Waals surface area contributed by atoms with Crippen LogP contribution in [0.4, 0.5) is 4.39 Å². The molecule has 0 bridgehead atoms. The van der Waals surface area contributed by atoms with Crippen LogP contribution in [0.15, 0.2) is 18.2 Å². The van der Waals surface area contributed by atoms with Crippen LogP contribution in [0.3, 0.4) is 0 Å². The van der Waals surface area contributed by atoms with E-state index >= 15 is 0 Å². The van der Waals surface area contributed by atoms with Gasteiger partial charge in [-0.3, -0.25) is 0 Å². The van der Waals surface area contributed by atoms with E-state index in [0.29, 0.717) is 25.1 Å². The number of aliphatic hydroxyl groups is 1. The fraction of sp³-hybridized carbons (Fsp3) is 0.571. The highest BCUT2D eigenvalue weighted by Crippen LogP contribution is 2.14. The van der Waals surface area contributed by atoms with Crippen LogP contribution in [0.1, 0.15) is 24.5 Å². The van der Waals surface area contributed by atoms with Crippen LogP contribution in [0.5, 0.6) is 0 Å². The van der Waals surface area contributed by atoms with Gasteiger partial charge < -0.3 is 15.2 Å². The lowest BCUT2D eigenvalue weighted by Crippen LogP contribution is -2.46. The number of aliphatic hydroxyl groups excluding tert-OH is 1. The molecule has 0 aromatic heterocycles. The minimum Gasteiger partial charge on any atom is -0.396 e. The second-order valence-corrected chi connectivity index (χ2v) is 4.92. The summed E-state index contributed by atoms with van der Waals surface area (Å²) in [6.07, 6.45) is 0.564. The van der Waals surface area contributed by atoms with Gasteiger partial charge in [0.05, 0.1) is 6.61 Å². The molecule has 1 atom stereocenters. The Kier molecular flexibility index (Phi) is 5.72. The second-order valence-electron chi connectivity index (χ2n) is 4.92.